The number of rotatable bonds is 5. The number of thiocarbonyl (C=S) groups is 1. The van der Waals surface area contributed by atoms with Crippen molar-refractivity contribution < 1.29 is 0 Å². The Bertz CT molecular complexity index is 893. The van der Waals surface area contributed by atoms with Crippen molar-refractivity contribution in [3.05, 3.63) is 40.9 Å². The average Bonchev–Trinajstić information content (AvgIpc) is 2.79. The van der Waals surface area contributed by atoms with Gasteiger partial charge in [-0.05, 0) is 61.9 Å². The Morgan fingerprint density at radius 2 is 1.68 bits per heavy atom. The van der Waals surface area contributed by atoms with Crippen LogP contribution in [0.15, 0.2) is 30.3 Å². The molecule has 1 aromatic heterocycles. The SMILES string of the molecule is CC1CCN(c2cc(N3CCCCC3)nc(NC(=S)NCc3ccccc3Cl)n2)CC1. The van der Waals surface area contributed by atoms with Crippen molar-refractivity contribution in [2.24, 2.45) is 5.92 Å². The van der Waals surface area contributed by atoms with Gasteiger partial charge >= 0.3 is 0 Å². The van der Waals surface area contributed by atoms with E-state index < -0.39 is 0 Å². The number of halogens is 1. The molecule has 2 aliphatic rings. The second-order valence-electron chi connectivity index (χ2n) is 8.52. The van der Waals surface area contributed by atoms with Crippen LogP contribution in [-0.2, 0) is 6.54 Å². The van der Waals surface area contributed by atoms with Crippen LogP contribution in [0, 0.1) is 5.92 Å². The molecule has 0 spiro atoms. The van der Waals surface area contributed by atoms with Gasteiger partial charge in [-0.3, -0.25) is 0 Å². The molecule has 2 N–H and O–H groups in total. The smallest absolute Gasteiger partial charge is 0.232 e. The molecule has 0 bridgehead atoms. The molecule has 2 aliphatic heterocycles. The first-order valence-corrected chi connectivity index (χ1v) is 12.0. The summed E-state index contributed by atoms with van der Waals surface area (Å²) in [6.45, 7) is 7.03. The molecule has 0 saturated carbocycles. The van der Waals surface area contributed by atoms with E-state index in [1.807, 2.05) is 24.3 Å². The first-order valence-electron chi connectivity index (χ1n) is 11.3. The lowest BCUT2D eigenvalue weighted by Crippen LogP contribution is -2.35. The quantitative estimate of drug-likeness (QED) is 0.621. The van der Waals surface area contributed by atoms with Crippen LogP contribution >= 0.6 is 23.8 Å². The average molecular weight is 459 g/mol. The van der Waals surface area contributed by atoms with Gasteiger partial charge in [0.25, 0.3) is 0 Å². The monoisotopic (exact) mass is 458 g/mol. The first-order chi connectivity index (χ1) is 15.1. The Morgan fingerprint density at radius 1 is 1.03 bits per heavy atom. The van der Waals surface area contributed by atoms with Gasteiger partial charge in [0.1, 0.15) is 11.6 Å². The highest BCUT2D eigenvalue weighted by atomic mass is 35.5. The minimum atomic E-state index is 0.494. The Hall–Kier alpha value is -2.12. The van der Waals surface area contributed by atoms with Crippen molar-refractivity contribution in [1.82, 2.24) is 15.3 Å². The molecule has 2 aromatic rings. The molecule has 0 amide bonds. The molecule has 31 heavy (non-hydrogen) atoms. The summed E-state index contributed by atoms with van der Waals surface area (Å²) >= 11 is 11.8. The second-order valence-corrected chi connectivity index (χ2v) is 9.34. The normalized spacial score (nSPS) is 17.5. The summed E-state index contributed by atoms with van der Waals surface area (Å²) in [6.07, 6.45) is 6.11. The van der Waals surface area contributed by atoms with Crippen molar-refractivity contribution in [3.8, 4) is 0 Å². The van der Waals surface area contributed by atoms with Crippen LogP contribution in [0.2, 0.25) is 5.02 Å². The molecule has 4 rings (SSSR count). The highest BCUT2D eigenvalue weighted by Gasteiger charge is 2.21. The van der Waals surface area contributed by atoms with Crippen LogP contribution < -0.4 is 20.4 Å². The molecule has 2 fully saturated rings. The summed E-state index contributed by atoms with van der Waals surface area (Å²) in [5.41, 5.74) is 0.999. The van der Waals surface area contributed by atoms with Gasteiger partial charge in [0.2, 0.25) is 5.95 Å². The zero-order chi connectivity index (χ0) is 21.6. The molecule has 6 nitrogen and oxygen atoms in total. The molecule has 166 valence electrons. The van der Waals surface area contributed by atoms with E-state index in [9.17, 15) is 0 Å². The Labute approximate surface area is 195 Å². The molecular formula is C23H31ClN6S. The minimum absolute atomic E-state index is 0.494. The number of aromatic nitrogens is 2. The van der Waals surface area contributed by atoms with Gasteiger partial charge in [-0.1, -0.05) is 36.7 Å². The molecule has 8 heteroatoms. The molecule has 3 heterocycles. The molecule has 0 unspecified atom stereocenters. The number of piperidine rings is 2. The van der Waals surface area contributed by atoms with Crippen molar-refractivity contribution >= 4 is 46.5 Å². The number of anilines is 3. The largest absolute Gasteiger partial charge is 0.358 e. The Balaban J connectivity index is 1.49. The molecule has 1 aromatic carbocycles. The maximum absolute atomic E-state index is 6.25. The first kappa shape index (κ1) is 22.1. The van der Waals surface area contributed by atoms with E-state index >= 15 is 0 Å². The lowest BCUT2D eigenvalue weighted by atomic mass is 9.99. The predicted octanol–water partition coefficient (Wildman–Crippen LogP) is 4.84. The van der Waals surface area contributed by atoms with Gasteiger partial charge in [-0.25, -0.2) is 0 Å². The highest BCUT2D eigenvalue weighted by Crippen LogP contribution is 2.27. The fraction of sp³-hybridized carbons (Fsp3) is 0.522. The van der Waals surface area contributed by atoms with E-state index in [2.05, 4.69) is 33.4 Å². The third-order valence-electron chi connectivity index (χ3n) is 6.11. The molecule has 0 radical (unpaired) electrons. The predicted molar refractivity (Wildman–Crippen MR) is 133 cm³/mol. The van der Waals surface area contributed by atoms with E-state index in [-0.39, 0.29) is 0 Å². The summed E-state index contributed by atoms with van der Waals surface area (Å²) in [5.74, 6) is 3.30. The maximum Gasteiger partial charge on any atom is 0.232 e. The third kappa shape index (κ3) is 5.98. The zero-order valence-electron chi connectivity index (χ0n) is 18.1. The number of hydrogen-bond acceptors (Lipinski definition) is 5. The molecule has 0 atom stereocenters. The van der Waals surface area contributed by atoms with E-state index in [0.29, 0.717) is 17.6 Å². The molecular weight excluding hydrogens is 428 g/mol. The van der Waals surface area contributed by atoms with Crippen LogP contribution in [0.4, 0.5) is 17.6 Å². The van der Waals surface area contributed by atoms with Crippen molar-refractivity contribution in [2.75, 3.05) is 41.3 Å². The van der Waals surface area contributed by atoms with Gasteiger partial charge in [-0.2, -0.15) is 9.97 Å². The number of nitrogens with zero attached hydrogens (tertiary/aromatic N) is 4. The lowest BCUT2D eigenvalue weighted by Gasteiger charge is -2.33. The van der Waals surface area contributed by atoms with Crippen LogP contribution in [0.25, 0.3) is 0 Å². The van der Waals surface area contributed by atoms with Gasteiger partial charge in [0.05, 0.1) is 0 Å². The number of benzene rings is 1. The van der Waals surface area contributed by atoms with E-state index in [4.69, 9.17) is 33.8 Å². The van der Waals surface area contributed by atoms with E-state index in [0.717, 1.165) is 54.3 Å². The summed E-state index contributed by atoms with van der Waals surface area (Å²) in [4.78, 5) is 14.4. The van der Waals surface area contributed by atoms with Gasteiger partial charge in [-0.15, -0.1) is 0 Å². The van der Waals surface area contributed by atoms with Crippen LogP contribution in [0.3, 0.4) is 0 Å². The van der Waals surface area contributed by atoms with Crippen molar-refractivity contribution in [1.29, 1.82) is 0 Å². The standard InChI is InChI=1S/C23H31ClN6S/c1-17-9-13-30(14-10-17)21-15-20(29-11-5-2-6-12-29)26-22(27-21)28-23(31)25-16-18-7-3-4-8-19(18)24/h3-4,7-8,15,17H,2,5-6,9-14,16H2,1H3,(H2,25,26,27,28,31). The van der Waals surface area contributed by atoms with Crippen LogP contribution in [0.1, 0.15) is 44.6 Å². The van der Waals surface area contributed by atoms with E-state index in [1.54, 1.807) is 0 Å². The number of nitrogens with one attached hydrogen (secondary N) is 2. The Morgan fingerprint density at radius 3 is 2.35 bits per heavy atom. The molecule has 0 aliphatic carbocycles. The zero-order valence-corrected chi connectivity index (χ0v) is 19.7. The summed E-state index contributed by atoms with van der Waals surface area (Å²) < 4.78 is 0. The maximum atomic E-state index is 6.25. The van der Waals surface area contributed by atoms with Crippen LogP contribution in [-0.4, -0.2) is 41.3 Å². The van der Waals surface area contributed by atoms with Gasteiger partial charge < -0.3 is 20.4 Å². The Kier molecular flexibility index (Phi) is 7.45. The highest BCUT2D eigenvalue weighted by molar-refractivity contribution is 7.80. The lowest BCUT2D eigenvalue weighted by molar-refractivity contribution is 0.436. The van der Waals surface area contributed by atoms with Crippen molar-refractivity contribution in [3.63, 3.8) is 0 Å². The summed E-state index contributed by atoms with van der Waals surface area (Å²) in [5, 5.41) is 7.64. The molecule has 2 saturated heterocycles. The minimum Gasteiger partial charge on any atom is -0.358 e. The topological polar surface area (TPSA) is 56.3 Å². The van der Waals surface area contributed by atoms with Crippen molar-refractivity contribution in [2.45, 2.75) is 45.6 Å². The summed E-state index contributed by atoms with van der Waals surface area (Å²) in [6, 6.07) is 9.90. The number of hydrogen-bond donors (Lipinski definition) is 2. The fourth-order valence-electron chi connectivity index (χ4n) is 4.13. The summed E-state index contributed by atoms with van der Waals surface area (Å²) in [7, 11) is 0. The third-order valence-corrected chi connectivity index (χ3v) is 6.72. The van der Waals surface area contributed by atoms with Gasteiger partial charge in [0, 0.05) is 43.8 Å². The van der Waals surface area contributed by atoms with E-state index in [1.165, 1.54) is 32.1 Å². The second kappa shape index (κ2) is 10.5. The fourth-order valence-corrected chi connectivity index (χ4v) is 4.49. The van der Waals surface area contributed by atoms with Gasteiger partial charge in [0.15, 0.2) is 5.11 Å². The van der Waals surface area contributed by atoms with Crippen LogP contribution in [0.5, 0.6) is 0 Å².